The van der Waals surface area contributed by atoms with E-state index in [0.29, 0.717) is 11.3 Å². The van der Waals surface area contributed by atoms with Crippen LogP contribution in [0.4, 0.5) is 0 Å². The van der Waals surface area contributed by atoms with Crippen molar-refractivity contribution < 1.29 is 10.0 Å². The lowest BCUT2D eigenvalue weighted by Gasteiger charge is -2.28. The number of carbonyl (C=O) groups is 1. The summed E-state index contributed by atoms with van der Waals surface area (Å²) in [6.07, 6.45) is 0.783. The van der Waals surface area contributed by atoms with Gasteiger partial charge in [0, 0.05) is 11.1 Å². The number of benzene rings is 2. The number of hydrogen-bond donors (Lipinski definition) is 1. The van der Waals surface area contributed by atoms with Gasteiger partial charge in [-0.1, -0.05) is 59.8 Å². The van der Waals surface area contributed by atoms with Gasteiger partial charge in [-0.3, -0.25) is 9.79 Å². The minimum Gasteiger partial charge on any atom is -0.410 e. The Hall–Kier alpha value is -2.75. The predicted molar refractivity (Wildman–Crippen MR) is 90.8 cm³/mol. The summed E-state index contributed by atoms with van der Waals surface area (Å²) in [5.74, 6) is -0.334. The Morgan fingerprint density at radius 1 is 1.09 bits per heavy atom. The normalized spacial score (nSPS) is 16.4. The smallest absolute Gasteiger partial charge is 0.216 e. The fourth-order valence-electron chi connectivity index (χ4n) is 2.88. The molecule has 4 heteroatoms. The Morgan fingerprint density at radius 3 is 2.43 bits per heavy atom. The molecule has 0 aliphatic carbocycles. The van der Waals surface area contributed by atoms with Crippen molar-refractivity contribution in [2.75, 3.05) is 0 Å². The van der Waals surface area contributed by atoms with Gasteiger partial charge in [0.2, 0.25) is 5.78 Å². The molecule has 0 radical (unpaired) electrons. The van der Waals surface area contributed by atoms with Crippen LogP contribution in [0.5, 0.6) is 0 Å². The summed E-state index contributed by atoms with van der Waals surface area (Å²) in [6, 6.07) is 16.6. The molecule has 4 nitrogen and oxygen atoms in total. The molecule has 0 saturated heterocycles. The summed E-state index contributed by atoms with van der Waals surface area (Å²) in [4.78, 5) is 17.4. The summed E-state index contributed by atoms with van der Waals surface area (Å²) in [7, 11) is 0. The summed E-state index contributed by atoms with van der Waals surface area (Å²) in [6.45, 7) is 4.01. The molecule has 0 spiro atoms. The van der Waals surface area contributed by atoms with Crippen LogP contribution in [0.1, 0.15) is 35.3 Å². The first kappa shape index (κ1) is 15.2. The van der Waals surface area contributed by atoms with Gasteiger partial charge in [-0.25, -0.2) is 0 Å². The lowest BCUT2D eigenvalue weighted by atomic mass is 9.84. The van der Waals surface area contributed by atoms with Crippen LogP contribution in [0, 0.1) is 0 Å². The monoisotopic (exact) mass is 306 g/mol. The van der Waals surface area contributed by atoms with Crippen molar-refractivity contribution in [1.82, 2.24) is 0 Å². The lowest BCUT2D eigenvalue weighted by molar-refractivity contribution is 0.106. The highest BCUT2D eigenvalue weighted by molar-refractivity contribution is 6.73. The summed E-state index contributed by atoms with van der Waals surface area (Å²) in [5, 5.41) is 12.8. The Kier molecular flexibility index (Phi) is 3.82. The molecule has 3 rings (SSSR count). The van der Waals surface area contributed by atoms with E-state index in [2.05, 4.69) is 10.1 Å². The van der Waals surface area contributed by atoms with Gasteiger partial charge in [0.1, 0.15) is 0 Å². The van der Waals surface area contributed by atoms with E-state index in [1.165, 1.54) is 0 Å². The van der Waals surface area contributed by atoms with E-state index < -0.39 is 0 Å². The number of carbonyl (C=O) groups excluding carboxylic acids is 1. The highest BCUT2D eigenvalue weighted by atomic mass is 16.4. The SMILES string of the molecule is CC1(C)Cc2ccccc2C(C(=NO)C(=O)c2ccccc2)=N1. The molecule has 0 amide bonds. The molecule has 0 fully saturated rings. The Balaban J connectivity index is 2.11. The van der Waals surface area contributed by atoms with Crippen LogP contribution >= 0.6 is 0 Å². The summed E-state index contributed by atoms with van der Waals surface area (Å²) >= 11 is 0. The van der Waals surface area contributed by atoms with Crippen molar-refractivity contribution in [2.24, 2.45) is 10.1 Å². The first-order chi connectivity index (χ1) is 11.0. The van der Waals surface area contributed by atoms with Crippen molar-refractivity contribution in [3.63, 3.8) is 0 Å². The Labute approximate surface area is 135 Å². The number of Topliss-reactive ketones (excluding diaryl/α,β-unsaturated/α-hetero) is 1. The molecule has 1 aliphatic rings. The van der Waals surface area contributed by atoms with Gasteiger partial charge >= 0.3 is 0 Å². The van der Waals surface area contributed by atoms with Crippen LogP contribution in [0.3, 0.4) is 0 Å². The van der Waals surface area contributed by atoms with Gasteiger partial charge in [-0.15, -0.1) is 0 Å². The average Bonchev–Trinajstić information content (AvgIpc) is 2.55. The van der Waals surface area contributed by atoms with Gasteiger partial charge < -0.3 is 5.21 Å². The quantitative estimate of drug-likeness (QED) is 0.408. The zero-order valence-electron chi connectivity index (χ0n) is 13.2. The molecule has 23 heavy (non-hydrogen) atoms. The van der Waals surface area contributed by atoms with E-state index in [4.69, 9.17) is 0 Å². The van der Waals surface area contributed by atoms with Crippen LogP contribution in [-0.4, -0.2) is 28.0 Å². The van der Waals surface area contributed by atoms with Gasteiger partial charge in [-0.05, 0) is 25.8 Å². The third-order valence-electron chi connectivity index (χ3n) is 3.89. The van der Waals surface area contributed by atoms with Crippen LogP contribution in [0.2, 0.25) is 0 Å². The maximum atomic E-state index is 12.7. The standard InChI is InChI=1S/C19H18N2O2/c1-19(2)12-14-10-6-7-11-15(14)16(20-19)17(21-23)18(22)13-8-4-3-5-9-13/h3-11,23H,12H2,1-2H3. The van der Waals surface area contributed by atoms with Crippen molar-refractivity contribution >= 4 is 17.2 Å². The number of rotatable bonds is 3. The van der Waals surface area contributed by atoms with Gasteiger partial charge in [0.25, 0.3) is 0 Å². The average molecular weight is 306 g/mol. The molecule has 1 aliphatic heterocycles. The summed E-state index contributed by atoms with van der Waals surface area (Å²) < 4.78 is 0. The van der Waals surface area contributed by atoms with Crippen LogP contribution in [-0.2, 0) is 6.42 Å². The molecule has 2 aromatic carbocycles. The molecule has 0 saturated carbocycles. The highest BCUT2D eigenvalue weighted by Gasteiger charge is 2.31. The minimum absolute atomic E-state index is 0.0172. The first-order valence-electron chi connectivity index (χ1n) is 7.52. The molecule has 116 valence electrons. The third kappa shape index (κ3) is 2.93. The topological polar surface area (TPSA) is 62.0 Å². The summed E-state index contributed by atoms with van der Waals surface area (Å²) in [5.41, 5.74) is 2.51. The van der Waals surface area contributed by atoms with Gasteiger partial charge in [0.05, 0.1) is 11.3 Å². The molecule has 0 unspecified atom stereocenters. The molecule has 0 atom stereocenters. The maximum absolute atomic E-state index is 12.7. The van der Waals surface area contributed by atoms with Gasteiger partial charge in [0.15, 0.2) is 5.71 Å². The van der Waals surface area contributed by atoms with Crippen LogP contribution in [0.15, 0.2) is 64.7 Å². The van der Waals surface area contributed by atoms with Crippen LogP contribution < -0.4 is 0 Å². The fourth-order valence-corrected chi connectivity index (χ4v) is 2.88. The zero-order chi connectivity index (χ0) is 16.4. The minimum atomic E-state index is -0.351. The van der Waals surface area contributed by atoms with E-state index in [1.54, 1.807) is 24.3 Å². The van der Waals surface area contributed by atoms with E-state index in [0.717, 1.165) is 17.5 Å². The van der Waals surface area contributed by atoms with E-state index in [-0.39, 0.29) is 17.0 Å². The highest BCUT2D eigenvalue weighted by Crippen LogP contribution is 2.27. The van der Waals surface area contributed by atoms with Crippen molar-refractivity contribution in [1.29, 1.82) is 0 Å². The second-order valence-corrected chi connectivity index (χ2v) is 6.25. The molecular formula is C19H18N2O2. The Bertz CT molecular complexity index is 805. The molecule has 2 aromatic rings. The maximum Gasteiger partial charge on any atom is 0.216 e. The largest absolute Gasteiger partial charge is 0.410 e. The number of oxime groups is 1. The van der Waals surface area contributed by atoms with Crippen molar-refractivity contribution in [3.05, 3.63) is 71.3 Å². The Morgan fingerprint density at radius 2 is 1.74 bits per heavy atom. The van der Waals surface area contributed by atoms with Gasteiger partial charge in [-0.2, -0.15) is 0 Å². The molecule has 1 heterocycles. The third-order valence-corrected chi connectivity index (χ3v) is 3.89. The second-order valence-electron chi connectivity index (χ2n) is 6.25. The fraction of sp³-hybridized carbons (Fsp3) is 0.211. The van der Waals surface area contributed by atoms with Crippen LogP contribution in [0.25, 0.3) is 0 Å². The zero-order valence-corrected chi connectivity index (χ0v) is 13.2. The number of hydrogen-bond acceptors (Lipinski definition) is 4. The molecular weight excluding hydrogens is 288 g/mol. The second kappa shape index (κ2) is 5.80. The van der Waals surface area contributed by atoms with Crippen molar-refractivity contribution in [3.8, 4) is 0 Å². The first-order valence-corrected chi connectivity index (χ1v) is 7.52. The molecule has 1 N–H and O–H groups in total. The van der Waals surface area contributed by atoms with E-state index >= 15 is 0 Å². The van der Waals surface area contributed by atoms with E-state index in [9.17, 15) is 10.0 Å². The number of fused-ring (bicyclic) bond motifs is 1. The predicted octanol–water partition coefficient (Wildman–Crippen LogP) is 3.52. The van der Waals surface area contributed by atoms with E-state index in [1.807, 2.05) is 44.2 Å². The lowest BCUT2D eigenvalue weighted by Crippen LogP contribution is -2.35. The number of aliphatic imine (C=N–C) groups is 1. The molecule has 0 bridgehead atoms. The van der Waals surface area contributed by atoms with Crippen molar-refractivity contribution in [2.45, 2.75) is 25.8 Å². The number of nitrogens with zero attached hydrogens (tertiary/aromatic N) is 2. The number of ketones is 1. The molecule has 0 aromatic heterocycles.